The molecule has 0 saturated heterocycles. The predicted octanol–water partition coefficient (Wildman–Crippen LogP) is 3.45. The number of fused-ring (bicyclic) bond motifs is 1. The Bertz CT molecular complexity index is 1370. The first kappa shape index (κ1) is 25.1. The number of benzene rings is 3. The molecule has 4 rings (SSSR count). The number of esters is 1. The van der Waals surface area contributed by atoms with Crippen molar-refractivity contribution in [3.05, 3.63) is 77.9 Å². The lowest BCUT2D eigenvalue weighted by atomic mass is 10.1. The molecule has 0 radical (unpaired) electrons. The number of methoxy groups -OCH3 is 1. The summed E-state index contributed by atoms with van der Waals surface area (Å²) in [5.41, 5.74) is 2.89. The third-order valence-electron chi connectivity index (χ3n) is 5.51. The van der Waals surface area contributed by atoms with E-state index in [2.05, 4.69) is 4.72 Å². The van der Waals surface area contributed by atoms with Gasteiger partial charge in [-0.05, 0) is 73.5 Å². The van der Waals surface area contributed by atoms with Crippen molar-refractivity contribution in [2.75, 3.05) is 29.9 Å². The van der Waals surface area contributed by atoms with Gasteiger partial charge >= 0.3 is 5.97 Å². The van der Waals surface area contributed by atoms with Crippen LogP contribution in [0.4, 0.5) is 11.4 Å². The molecule has 0 saturated carbocycles. The van der Waals surface area contributed by atoms with Gasteiger partial charge in [0.25, 0.3) is 15.9 Å². The number of sulfonamides is 1. The van der Waals surface area contributed by atoms with E-state index in [0.29, 0.717) is 22.9 Å². The van der Waals surface area contributed by atoms with Crippen LogP contribution in [0, 0.1) is 13.8 Å². The molecule has 0 bridgehead atoms. The number of amides is 1. The molecular formula is C26H26N2O7S. The molecule has 1 aliphatic heterocycles. The highest BCUT2D eigenvalue weighted by molar-refractivity contribution is 7.92. The Labute approximate surface area is 209 Å². The molecular weight excluding hydrogens is 484 g/mol. The Morgan fingerprint density at radius 2 is 1.69 bits per heavy atom. The van der Waals surface area contributed by atoms with Crippen molar-refractivity contribution in [2.24, 2.45) is 0 Å². The van der Waals surface area contributed by atoms with Crippen molar-refractivity contribution in [1.82, 2.24) is 0 Å². The van der Waals surface area contributed by atoms with E-state index in [4.69, 9.17) is 14.2 Å². The van der Waals surface area contributed by atoms with Crippen LogP contribution in [0.3, 0.4) is 0 Å². The summed E-state index contributed by atoms with van der Waals surface area (Å²) in [6.45, 7) is 3.44. The maximum absolute atomic E-state index is 13.0. The summed E-state index contributed by atoms with van der Waals surface area (Å²) in [6, 6.07) is 18.1. The van der Waals surface area contributed by atoms with Gasteiger partial charge in [-0.2, -0.15) is 0 Å². The fourth-order valence-electron chi connectivity index (χ4n) is 3.91. The Morgan fingerprint density at radius 3 is 2.36 bits per heavy atom. The van der Waals surface area contributed by atoms with Gasteiger partial charge in [-0.3, -0.25) is 9.52 Å². The number of carbonyl (C=O) groups excluding carboxylic acids is 2. The van der Waals surface area contributed by atoms with E-state index < -0.39 is 28.0 Å². The van der Waals surface area contributed by atoms with E-state index in [0.717, 1.165) is 11.1 Å². The molecule has 1 atom stereocenters. The van der Waals surface area contributed by atoms with Crippen molar-refractivity contribution in [1.29, 1.82) is 0 Å². The first-order valence-corrected chi connectivity index (χ1v) is 12.6. The minimum Gasteiger partial charge on any atom is -0.484 e. The van der Waals surface area contributed by atoms with Crippen LogP contribution in [0.5, 0.6) is 11.5 Å². The van der Waals surface area contributed by atoms with Gasteiger partial charge in [-0.25, -0.2) is 13.2 Å². The Balaban J connectivity index is 1.43. The van der Waals surface area contributed by atoms with E-state index >= 15 is 0 Å². The summed E-state index contributed by atoms with van der Waals surface area (Å²) in [5.74, 6) is -0.277. The molecule has 0 unspecified atom stereocenters. The van der Waals surface area contributed by atoms with Crippen molar-refractivity contribution in [2.45, 2.75) is 24.8 Å². The van der Waals surface area contributed by atoms with Crippen molar-refractivity contribution in [3.63, 3.8) is 0 Å². The van der Waals surface area contributed by atoms with Crippen LogP contribution in [0.1, 0.15) is 11.1 Å². The van der Waals surface area contributed by atoms with E-state index in [1.165, 1.54) is 36.3 Å². The van der Waals surface area contributed by atoms with Crippen LogP contribution in [0.15, 0.2) is 71.6 Å². The van der Waals surface area contributed by atoms with Crippen molar-refractivity contribution in [3.8, 4) is 11.5 Å². The van der Waals surface area contributed by atoms with Gasteiger partial charge in [-0.1, -0.05) is 18.2 Å². The third-order valence-corrected chi connectivity index (χ3v) is 6.91. The van der Waals surface area contributed by atoms with Crippen LogP contribution in [0.25, 0.3) is 0 Å². The first-order valence-electron chi connectivity index (χ1n) is 11.1. The molecule has 3 aromatic carbocycles. The summed E-state index contributed by atoms with van der Waals surface area (Å²) in [6.07, 6.45) is -0.956. The fraction of sp³-hybridized carbons (Fsp3) is 0.231. The molecule has 1 amide bonds. The fourth-order valence-corrected chi connectivity index (χ4v) is 4.95. The van der Waals surface area contributed by atoms with Crippen LogP contribution >= 0.6 is 0 Å². The van der Waals surface area contributed by atoms with Crippen LogP contribution in [0.2, 0.25) is 0 Å². The molecule has 10 heteroatoms. The normalized spacial score (nSPS) is 14.9. The average Bonchev–Trinajstić information content (AvgIpc) is 2.85. The summed E-state index contributed by atoms with van der Waals surface area (Å²) in [4.78, 5) is 26.4. The summed E-state index contributed by atoms with van der Waals surface area (Å²) in [7, 11) is -2.55. The molecule has 9 nitrogen and oxygen atoms in total. The van der Waals surface area contributed by atoms with E-state index in [1.54, 1.807) is 36.4 Å². The second-order valence-electron chi connectivity index (χ2n) is 8.34. The lowest BCUT2D eigenvalue weighted by molar-refractivity contribution is -0.148. The number of nitrogens with one attached hydrogen (secondary N) is 1. The second kappa shape index (κ2) is 10.3. The van der Waals surface area contributed by atoms with Gasteiger partial charge < -0.3 is 19.1 Å². The molecule has 0 spiro atoms. The molecule has 1 aliphatic rings. The van der Waals surface area contributed by atoms with Gasteiger partial charge in [0.1, 0.15) is 11.5 Å². The molecule has 0 aromatic heterocycles. The summed E-state index contributed by atoms with van der Waals surface area (Å²) < 4.78 is 44.2. The largest absolute Gasteiger partial charge is 0.484 e. The lowest BCUT2D eigenvalue weighted by Gasteiger charge is -2.33. The van der Waals surface area contributed by atoms with E-state index in [-0.39, 0.29) is 18.0 Å². The van der Waals surface area contributed by atoms with Gasteiger partial charge in [0.05, 0.1) is 24.2 Å². The highest BCUT2D eigenvalue weighted by Crippen LogP contribution is 2.33. The molecule has 1 N–H and O–H groups in total. The molecule has 36 heavy (non-hydrogen) atoms. The summed E-state index contributed by atoms with van der Waals surface area (Å²) >= 11 is 0. The standard InChI is InChI=1S/C26H26N2O7S/c1-17-12-18(2)14-19(13-17)27-36(31,32)21-10-8-20(9-11-21)34-16-25(29)28-15-24(26(30)33-3)35-23-7-5-4-6-22(23)28/h4-14,24,27H,15-16H2,1-3H3/t24-/m0/s1. The van der Waals surface area contributed by atoms with Gasteiger partial charge in [0.2, 0.25) is 6.10 Å². The minimum atomic E-state index is -3.80. The topological polar surface area (TPSA) is 111 Å². The van der Waals surface area contributed by atoms with Crippen LogP contribution in [-0.2, 0) is 24.3 Å². The Hall–Kier alpha value is -4.05. The molecule has 1 heterocycles. The lowest BCUT2D eigenvalue weighted by Crippen LogP contribution is -2.48. The highest BCUT2D eigenvalue weighted by atomic mass is 32.2. The minimum absolute atomic E-state index is 0.0207. The highest BCUT2D eigenvalue weighted by Gasteiger charge is 2.34. The number of nitrogens with zero attached hydrogens (tertiary/aromatic N) is 1. The Morgan fingerprint density at radius 1 is 1.03 bits per heavy atom. The van der Waals surface area contributed by atoms with Crippen LogP contribution < -0.4 is 19.1 Å². The number of para-hydroxylation sites is 2. The quantitative estimate of drug-likeness (QED) is 0.485. The van der Waals surface area contributed by atoms with Crippen LogP contribution in [-0.4, -0.2) is 46.7 Å². The Kier molecular flexibility index (Phi) is 7.16. The zero-order valence-corrected chi connectivity index (χ0v) is 20.9. The van der Waals surface area contributed by atoms with Gasteiger partial charge in [-0.15, -0.1) is 0 Å². The van der Waals surface area contributed by atoms with E-state index in [1.807, 2.05) is 19.9 Å². The van der Waals surface area contributed by atoms with E-state index in [9.17, 15) is 18.0 Å². The SMILES string of the molecule is COC(=O)[C@@H]1CN(C(=O)COc2ccc(S(=O)(=O)Nc3cc(C)cc(C)c3)cc2)c2ccccc2O1. The molecule has 0 fully saturated rings. The van der Waals surface area contributed by atoms with Crippen molar-refractivity contribution < 1.29 is 32.2 Å². The third kappa shape index (κ3) is 5.60. The monoisotopic (exact) mass is 510 g/mol. The average molecular weight is 511 g/mol. The maximum atomic E-state index is 13.0. The number of ether oxygens (including phenoxy) is 3. The number of hydrogen-bond donors (Lipinski definition) is 1. The zero-order chi connectivity index (χ0) is 25.9. The number of anilines is 2. The molecule has 188 valence electrons. The zero-order valence-electron chi connectivity index (χ0n) is 20.1. The number of carbonyl (C=O) groups is 2. The van der Waals surface area contributed by atoms with Gasteiger partial charge in [0.15, 0.2) is 6.61 Å². The number of rotatable bonds is 7. The molecule has 0 aliphatic carbocycles. The smallest absolute Gasteiger partial charge is 0.348 e. The predicted molar refractivity (Wildman–Crippen MR) is 134 cm³/mol. The second-order valence-corrected chi connectivity index (χ2v) is 10.0. The number of aryl methyl sites for hydroxylation is 2. The number of hydrogen-bond acceptors (Lipinski definition) is 7. The van der Waals surface area contributed by atoms with Crippen molar-refractivity contribution >= 4 is 33.3 Å². The maximum Gasteiger partial charge on any atom is 0.348 e. The first-order chi connectivity index (χ1) is 17.2. The molecule has 3 aromatic rings. The summed E-state index contributed by atoms with van der Waals surface area (Å²) in [5, 5.41) is 0. The van der Waals surface area contributed by atoms with Gasteiger partial charge in [0, 0.05) is 5.69 Å².